The second-order valence-electron chi connectivity index (χ2n) is 6.75. The van der Waals surface area contributed by atoms with Crippen LogP contribution in [0.5, 0.6) is 0 Å². The maximum absolute atomic E-state index is 12.2. The summed E-state index contributed by atoms with van der Waals surface area (Å²) in [7, 11) is 0. The third kappa shape index (κ3) is 3.37. The summed E-state index contributed by atoms with van der Waals surface area (Å²) in [5, 5.41) is 3.64. The van der Waals surface area contributed by atoms with Crippen LogP contribution in [-0.4, -0.2) is 41.8 Å². The zero-order valence-electron chi connectivity index (χ0n) is 12.0. The van der Waals surface area contributed by atoms with Gasteiger partial charge in [0, 0.05) is 25.2 Å². The smallest absolute Gasteiger partial charge is 0.410 e. The molecule has 2 rings (SSSR count). The van der Waals surface area contributed by atoms with Crippen LogP contribution in [0.15, 0.2) is 0 Å². The molecule has 0 bridgehead atoms. The van der Waals surface area contributed by atoms with Gasteiger partial charge in [-0.25, -0.2) is 4.79 Å². The lowest BCUT2D eigenvalue weighted by Gasteiger charge is -2.28. The van der Waals surface area contributed by atoms with E-state index in [-0.39, 0.29) is 6.09 Å². The van der Waals surface area contributed by atoms with Crippen molar-refractivity contribution in [3.63, 3.8) is 0 Å². The molecule has 0 aromatic rings. The van der Waals surface area contributed by atoms with Crippen LogP contribution in [-0.2, 0) is 4.74 Å². The van der Waals surface area contributed by atoms with Gasteiger partial charge < -0.3 is 15.0 Å². The number of carbonyl (C=O) groups excluding carboxylic acids is 1. The average Bonchev–Trinajstić information content (AvgIpc) is 2.55. The highest BCUT2D eigenvalue weighted by atomic mass is 16.6. The van der Waals surface area contributed by atoms with E-state index >= 15 is 0 Å². The predicted octanol–water partition coefficient (Wildman–Crippen LogP) is 2.38. The molecule has 1 saturated heterocycles. The highest BCUT2D eigenvalue weighted by molar-refractivity contribution is 5.68. The van der Waals surface area contributed by atoms with Crippen molar-refractivity contribution in [3.05, 3.63) is 0 Å². The molecule has 3 atom stereocenters. The molecule has 1 amide bonds. The first-order valence-electron chi connectivity index (χ1n) is 7.09. The monoisotopic (exact) mass is 254 g/mol. The molecule has 4 nitrogen and oxygen atoms in total. The molecule has 3 unspecified atom stereocenters. The third-order valence-electron chi connectivity index (χ3n) is 3.76. The number of hydrogen-bond donors (Lipinski definition) is 1. The third-order valence-corrected chi connectivity index (χ3v) is 3.76. The Morgan fingerprint density at radius 2 is 2.00 bits per heavy atom. The number of hydrogen-bond acceptors (Lipinski definition) is 3. The van der Waals surface area contributed by atoms with Crippen molar-refractivity contribution in [1.29, 1.82) is 0 Å². The van der Waals surface area contributed by atoms with E-state index in [2.05, 4.69) is 12.2 Å². The molecule has 2 aliphatic rings. The molecule has 2 fully saturated rings. The van der Waals surface area contributed by atoms with Crippen LogP contribution >= 0.6 is 0 Å². The molecule has 1 aliphatic heterocycles. The quantitative estimate of drug-likeness (QED) is 0.721. The topological polar surface area (TPSA) is 41.6 Å². The van der Waals surface area contributed by atoms with Gasteiger partial charge in [-0.05, 0) is 46.5 Å². The van der Waals surface area contributed by atoms with Crippen LogP contribution in [0.3, 0.4) is 0 Å². The molecule has 0 radical (unpaired) electrons. The minimum Gasteiger partial charge on any atom is -0.444 e. The molecule has 1 heterocycles. The maximum atomic E-state index is 12.2. The van der Waals surface area contributed by atoms with Gasteiger partial charge in [-0.1, -0.05) is 6.42 Å². The van der Waals surface area contributed by atoms with E-state index in [4.69, 9.17) is 4.74 Å². The molecule has 1 saturated carbocycles. The minimum atomic E-state index is -0.408. The van der Waals surface area contributed by atoms with Crippen molar-refractivity contribution in [3.8, 4) is 0 Å². The number of nitrogens with zero attached hydrogens (tertiary/aromatic N) is 1. The van der Waals surface area contributed by atoms with Crippen LogP contribution in [0, 0.1) is 5.92 Å². The van der Waals surface area contributed by atoms with Crippen LogP contribution in [0.2, 0.25) is 0 Å². The van der Waals surface area contributed by atoms with Gasteiger partial charge >= 0.3 is 6.09 Å². The van der Waals surface area contributed by atoms with Gasteiger partial charge in [-0.2, -0.15) is 0 Å². The molecule has 1 aliphatic carbocycles. The number of fused-ring (bicyclic) bond motifs is 1. The van der Waals surface area contributed by atoms with Crippen LogP contribution in [0.25, 0.3) is 0 Å². The highest BCUT2D eigenvalue weighted by Gasteiger charge is 2.35. The summed E-state index contributed by atoms with van der Waals surface area (Å²) in [6.45, 7) is 9.51. The van der Waals surface area contributed by atoms with E-state index in [0.717, 1.165) is 13.1 Å². The summed E-state index contributed by atoms with van der Waals surface area (Å²) < 4.78 is 5.49. The maximum Gasteiger partial charge on any atom is 0.410 e. The van der Waals surface area contributed by atoms with Gasteiger partial charge in [-0.15, -0.1) is 0 Å². The fraction of sp³-hybridized carbons (Fsp3) is 0.929. The number of carbonyl (C=O) groups is 1. The zero-order chi connectivity index (χ0) is 13.3. The molecule has 0 spiro atoms. The van der Waals surface area contributed by atoms with Gasteiger partial charge in [0.2, 0.25) is 0 Å². The zero-order valence-corrected chi connectivity index (χ0v) is 12.0. The van der Waals surface area contributed by atoms with Crippen molar-refractivity contribution < 1.29 is 9.53 Å². The van der Waals surface area contributed by atoms with Crippen molar-refractivity contribution in [2.75, 3.05) is 13.1 Å². The van der Waals surface area contributed by atoms with E-state index in [0.29, 0.717) is 18.0 Å². The summed E-state index contributed by atoms with van der Waals surface area (Å²) in [5.74, 6) is 0.600. The summed E-state index contributed by atoms with van der Waals surface area (Å²) in [5.41, 5.74) is -0.408. The molecule has 0 aromatic heterocycles. The number of rotatable bonds is 0. The molecule has 1 N–H and O–H groups in total. The fourth-order valence-electron chi connectivity index (χ4n) is 3.06. The first-order chi connectivity index (χ1) is 8.35. The van der Waals surface area contributed by atoms with Gasteiger partial charge in [0.25, 0.3) is 0 Å². The molecule has 0 aromatic carbocycles. The van der Waals surface area contributed by atoms with E-state index in [1.54, 1.807) is 0 Å². The van der Waals surface area contributed by atoms with E-state index < -0.39 is 5.60 Å². The van der Waals surface area contributed by atoms with Crippen LogP contribution < -0.4 is 5.32 Å². The summed E-state index contributed by atoms with van der Waals surface area (Å²) in [6, 6.07) is 0.943. The van der Waals surface area contributed by atoms with Crippen molar-refractivity contribution >= 4 is 6.09 Å². The first-order valence-corrected chi connectivity index (χ1v) is 7.09. The van der Waals surface area contributed by atoms with E-state index in [9.17, 15) is 4.79 Å². The minimum absolute atomic E-state index is 0.163. The Morgan fingerprint density at radius 3 is 2.67 bits per heavy atom. The number of amides is 1. The van der Waals surface area contributed by atoms with Crippen LogP contribution in [0.1, 0.15) is 47.0 Å². The Kier molecular flexibility index (Phi) is 3.85. The van der Waals surface area contributed by atoms with Gasteiger partial charge in [-0.3, -0.25) is 0 Å². The number of ether oxygens (including phenoxy) is 1. The lowest BCUT2D eigenvalue weighted by Crippen LogP contribution is -2.42. The predicted molar refractivity (Wildman–Crippen MR) is 71.5 cm³/mol. The second-order valence-corrected chi connectivity index (χ2v) is 6.75. The standard InChI is InChI=1S/C14H26N2O2/c1-10-8-16(13(17)18-14(2,3)4)9-11-6-5-7-12(11)15-10/h10-12,15H,5-9H2,1-4H3. The largest absolute Gasteiger partial charge is 0.444 e. The molecular weight excluding hydrogens is 228 g/mol. The molecule has 104 valence electrons. The molecule has 18 heavy (non-hydrogen) atoms. The molecular formula is C14H26N2O2. The van der Waals surface area contributed by atoms with Gasteiger partial charge in [0.1, 0.15) is 5.60 Å². The summed E-state index contributed by atoms with van der Waals surface area (Å²) in [6.07, 6.45) is 3.58. The lowest BCUT2D eigenvalue weighted by molar-refractivity contribution is 0.0228. The first kappa shape index (κ1) is 13.7. The Morgan fingerprint density at radius 1 is 1.28 bits per heavy atom. The van der Waals surface area contributed by atoms with Gasteiger partial charge in [0.15, 0.2) is 0 Å². The molecule has 4 heteroatoms. The Balaban J connectivity index is 2.01. The highest BCUT2D eigenvalue weighted by Crippen LogP contribution is 2.29. The van der Waals surface area contributed by atoms with E-state index in [1.165, 1.54) is 19.3 Å². The Labute approximate surface area is 110 Å². The normalized spacial score (nSPS) is 32.9. The second kappa shape index (κ2) is 5.08. The van der Waals surface area contributed by atoms with Crippen molar-refractivity contribution in [2.24, 2.45) is 5.92 Å². The van der Waals surface area contributed by atoms with Crippen molar-refractivity contribution in [1.82, 2.24) is 10.2 Å². The van der Waals surface area contributed by atoms with Gasteiger partial charge in [0.05, 0.1) is 0 Å². The number of nitrogens with one attached hydrogen (secondary N) is 1. The fourth-order valence-corrected chi connectivity index (χ4v) is 3.06. The SMILES string of the molecule is CC1CN(C(=O)OC(C)(C)C)CC2CCCC2N1. The average molecular weight is 254 g/mol. The Hall–Kier alpha value is -0.770. The van der Waals surface area contributed by atoms with Crippen molar-refractivity contribution in [2.45, 2.75) is 64.6 Å². The lowest BCUT2D eigenvalue weighted by atomic mass is 10.0. The summed E-state index contributed by atoms with van der Waals surface area (Å²) >= 11 is 0. The Bertz CT molecular complexity index is 311. The van der Waals surface area contributed by atoms with E-state index in [1.807, 2.05) is 25.7 Å². The van der Waals surface area contributed by atoms with Crippen LogP contribution in [0.4, 0.5) is 4.79 Å². The summed E-state index contributed by atoms with van der Waals surface area (Å²) in [4.78, 5) is 14.1.